The average Bonchev–Trinajstić information content (AvgIpc) is 2.84. The number of carbonyl (C=O) groups excluding carboxylic acids is 1. The number of carbonyl (C=O) groups is 1. The van der Waals surface area contributed by atoms with E-state index in [0.717, 1.165) is 15.6 Å². The highest BCUT2D eigenvalue weighted by Gasteiger charge is 2.11. The van der Waals surface area contributed by atoms with Gasteiger partial charge in [0.2, 0.25) is 0 Å². The molecule has 1 aromatic heterocycles. The van der Waals surface area contributed by atoms with Crippen LogP contribution >= 0.6 is 11.3 Å². The molecule has 0 saturated carbocycles. The van der Waals surface area contributed by atoms with Gasteiger partial charge in [0.1, 0.15) is 5.82 Å². The average molecular weight is 284 g/mol. The molecule has 0 N–H and O–H groups in total. The molecule has 0 fully saturated rings. The summed E-state index contributed by atoms with van der Waals surface area (Å²) in [6.07, 6.45) is 0.385. The van der Waals surface area contributed by atoms with Crippen molar-refractivity contribution >= 4 is 27.2 Å². The highest BCUT2D eigenvalue weighted by molar-refractivity contribution is 7.20. The molecule has 0 atom stereocenters. The number of rotatable bonds is 3. The molecule has 1 heterocycles. The molecule has 0 aliphatic heterocycles. The molecule has 0 amide bonds. The van der Waals surface area contributed by atoms with Crippen LogP contribution < -0.4 is 0 Å². The highest BCUT2D eigenvalue weighted by Crippen LogP contribution is 2.27. The van der Waals surface area contributed by atoms with E-state index < -0.39 is 0 Å². The summed E-state index contributed by atoms with van der Waals surface area (Å²) >= 11 is 1.35. The van der Waals surface area contributed by atoms with E-state index in [9.17, 15) is 9.18 Å². The zero-order valence-electron chi connectivity index (χ0n) is 11.0. The number of aryl methyl sites for hydroxylation is 1. The lowest BCUT2D eigenvalue weighted by Gasteiger charge is -1.99. The number of hydrogen-bond acceptors (Lipinski definition) is 2. The van der Waals surface area contributed by atoms with E-state index in [4.69, 9.17) is 0 Å². The van der Waals surface area contributed by atoms with Crippen LogP contribution in [0.1, 0.15) is 20.8 Å². The van der Waals surface area contributed by atoms with Crippen molar-refractivity contribution in [3.8, 4) is 0 Å². The first kappa shape index (κ1) is 13.0. The van der Waals surface area contributed by atoms with Gasteiger partial charge in [0, 0.05) is 11.1 Å². The van der Waals surface area contributed by atoms with Crippen molar-refractivity contribution in [2.75, 3.05) is 0 Å². The molecule has 0 aliphatic rings. The van der Waals surface area contributed by atoms with E-state index in [1.165, 1.54) is 29.0 Å². The quantitative estimate of drug-likeness (QED) is 0.633. The van der Waals surface area contributed by atoms with Gasteiger partial charge in [-0.05, 0) is 36.1 Å². The van der Waals surface area contributed by atoms with Gasteiger partial charge in [0.25, 0.3) is 0 Å². The lowest BCUT2D eigenvalue weighted by molar-refractivity contribution is 0.0997. The normalized spacial score (nSPS) is 10.9. The minimum Gasteiger partial charge on any atom is -0.293 e. The third-order valence-corrected chi connectivity index (χ3v) is 4.38. The fourth-order valence-corrected chi connectivity index (χ4v) is 3.15. The van der Waals surface area contributed by atoms with Gasteiger partial charge in [0.15, 0.2) is 5.78 Å². The van der Waals surface area contributed by atoms with Gasteiger partial charge in [-0.15, -0.1) is 11.3 Å². The summed E-state index contributed by atoms with van der Waals surface area (Å²) in [5.41, 5.74) is 2.18. The molecular formula is C17H13FOS. The molecule has 3 heteroatoms. The van der Waals surface area contributed by atoms with Crippen molar-refractivity contribution < 1.29 is 9.18 Å². The van der Waals surface area contributed by atoms with Crippen LogP contribution in [0, 0.1) is 12.7 Å². The molecule has 100 valence electrons. The highest BCUT2D eigenvalue weighted by atomic mass is 32.1. The van der Waals surface area contributed by atoms with Gasteiger partial charge < -0.3 is 0 Å². The van der Waals surface area contributed by atoms with Crippen LogP contribution in [0.25, 0.3) is 10.1 Å². The Morgan fingerprint density at radius 1 is 1.10 bits per heavy atom. The lowest BCUT2D eigenvalue weighted by Crippen LogP contribution is -2.00. The van der Waals surface area contributed by atoms with Crippen LogP contribution in [0.15, 0.2) is 48.5 Å². The number of fused-ring (bicyclic) bond motifs is 1. The Morgan fingerprint density at radius 3 is 2.60 bits per heavy atom. The number of thiophene rings is 1. The van der Waals surface area contributed by atoms with Crippen LogP contribution in [-0.4, -0.2) is 5.78 Å². The maximum atomic E-state index is 13.2. The van der Waals surface area contributed by atoms with Crippen molar-refractivity contribution in [1.29, 1.82) is 0 Å². The number of halogens is 1. The number of ketones is 1. The van der Waals surface area contributed by atoms with Crippen molar-refractivity contribution in [3.05, 3.63) is 70.4 Å². The van der Waals surface area contributed by atoms with E-state index in [-0.39, 0.29) is 11.6 Å². The van der Waals surface area contributed by atoms with Gasteiger partial charge in [0.05, 0.1) is 4.88 Å². The van der Waals surface area contributed by atoms with Crippen molar-refractivity contribution in [2.45, 2.75) is 13.3 Å². The fourth-order valence-electron chi connectivity index (χ4n) is 2.12. The van der Waals surface area contributed by atoms with E-state index in [0.29, 0.717) is 11.3 Å². The van der Waals surface area contributed by atoms with Gasteiger partial charge in [-0.25, -0.2) is 4.39 Å². The Morgan fingerprint density at radius 2 is 1.85 bits per heavy atom. The van der Waals surface area contributed by atoms with E-state index in [2.05, 4.69) is 0 Å². The Balaban J connectivity index is 1.86. The van der Waals surface area contributed by atoms with Gasteiger partial charge >= 0.3 is 0 Å². The second kappa shape index (κ2) is 5.17. The van der Waals surface area contributed by atoms with Crippen molar-refractivity contribution in [2.24, 2.45) is 0 Å². The molecule has 1 nitrogen and oxygen atoms in total. The van der Waals surface area contributed by atoms with Gasteiger partial charge in [-0.1, -0.05) is 35.9 Å². The topological polar surface area (TPSA) is 17.1 Å². The van der Waals surface area contributed by atoms with Crippen LogP contribution in [0.3, 0.4) is 0 Å². The molecule has 0 aliphatic carbocycles. The van der Waals surface area contributed by atoms with Crippen LogP contribution in [0.2, 0.25) is 0 Å². The molecule has 0 saturated heterocycles. The molecular weight excluding hydrogens is 271 g/mol. The number of Topliss-reactive ketones (excluding diaryl/α,β-unsaturated/α-hetero) is 1. The summed E-state index contributed by atoms with van der Waals surface area (Å²) in [7, 11) is 0. The monoisotopic (exact) mass is 284 g/mol. The summed E-state index contributed by atoms with van der Waals surface area (Å²) in [4.78, 5) is 13.0. The molecule has 0 unspecified atom stereocenters. The zero-order chi connectivity index (χ0) is 14.1. The Labute approximate surface area is 120 Å². The SMILES string of the molecule is Cc1ccc(CC(=O)c2cc3ccc(F)cc3s2)cc1. The smallest absolute Gasteiger partial charge is 0.177 e. The predicted octanol–water partition coefficient (Wildman–Crippen LogP) is 4.77. The van der Waals surface area contributed by atoms with E-state index in [1.54, 1.807) is 6.07 Å². The minimum absolute atomic E-state index is 0.0791. The third-order valence-electron chi connectivity index (χ3n) is 3.24. The molecule has 3 aromatic rings. The Bertz CT molecular complexity index is 771. The fraction of sp³-hybridized carbons (Fsp3) is 0.118. The maximum absolute atomic E-state index is 13.2. The first-order valence-electron chi connectivity index (χ1n) is 6.40. The lowest BCUT2D eigenvalue weighted by atomic mass is 10.1. The third kappa shape index (κ3) is 2.63. The zero-order valence-corrected chi connectivity index (χ0v) is 11.8. The molecule has 0 spiro atoms. The molecule has 3 rings (SSSR count). The van der Waals surface area contributed by atoms with Gasteiger partial charge in [-0.2, -0.15) is 0 Å². The summed E-state index contributed by atoms with van der Waals surface area (Å²) in [5, 5.41) is 0.920. The summed E-state index contributed by atoms with van der Waals surface area (Å²) in [6.45, 7) is 2.02. The first-order valence-corrected chi connectivity index (χ1v) is 7.21. The standard InChI is InChI=1S/C17H13FOS/c1-11-2-4-12(5-3-11)8-15(19)17-9-13-6-7-14(18)10-16(13)20-17/h2-7,9-10H,8H2,1H3. The Kier molecular flexibility index (Phi) is 3.36. The second-order valence-electron chi connectivity index (χ2n) is 4.88. The van der Waals surface area contributed by atoms with Crippen molar-refractivity contribution in [1.82, 2.24) is 0 Å². The maximum Gasteiger partial charge on any atom is 0.177 e. The Hall–Kier alpha value is -2.00. The largest absolute Gasteiger partial charge is 0.293 e. The van der Waals surface area contributed by atoms with Crippen LogP contribution in [-0.2, 0) is 6.42 Å². The van der Waals surface area contributed by atoms with Crippen molar-refractivity contribution in [3.63, 3.8) is 0 Å². The minimum atomic E-state index is -0.267. The van der Waals surface area contributed by atoms with E-state index in [1.807, 2.05) is 37.3 Å². The van der Waals surface area contributed by atoms with Gasteiger partial charge in [-0.3, -0.25) is 4.79 Å². The summed E-state index contributed by atoms with van der Waals surface area (Å²) < 4.78 is 14.0. The summed E-state index contributed by atoms with van der Waals surface area (Å²) in [6, 6.07) is 14.4. The predicted molar refractivity (Wildman–Crippen MR) is 81.0 cm³/mol. The second-order valence-corrected chi connectivity index (χ2v) is 5.96. The van der Waals surface area contributed by atoms with E-state index >= 15 is 0 Å². The number of benzene rings is 2. The van der Waals surface area contributed by atoms with Crippen LogP contribution in [0.4, 0.5) is 4.39 Å². The molecule has 0 radical (unpaired) electrons. The van der Waals surface area contributed by atoms with Crippen LogP contribution in [0.5, 0.6) is 0 Å². The first-order chi connectivity index (χ1) is 9.61. The molecule has 0 bridgehead atoms. The number of hydrogen-bond donors (Lipinski definition) is 0. The molecule has 2 aromatic carbocycles. The summed E-state index contributed by atoms with van der Waals surface area (Å²) in [5.74, 6) is -0.188. The molecule has 20 heavy (non-hydrogen) atoms.